The van der Waals surface area contributed by atoms with Crippen molar-refractivity contribution in [3.05, 3.63) is 53.3 Å². The first-order chi connectivity index (χ1) is 11.3. The first-order valence-corrected chi connectivity index (χ1v) is 9.34. The molecule has 1 saturated heterocycles. The first kappa shape index (κ1) is 18.7. The number of halogens is 1. The minimum Gasteiger partial charge on any atom is -0.317 e. The number of nitrogens with zero attached hydrogens (tertiary/aromatic N) is 2. The van der Waals surface area contributed by atoms with Gasteiger partial charge in [-0.25, -0.2) is 9.99 Å². The summed E-state index contributed by atoms with van der Waals surface area (Å²) in [6.07, 6.45) is 4.29. The molecule has 130 valence electrons. The third kappa shape index (κ3) is 6.09. The Morgan fingerprint density at radius 3 is 2.25 bits per heavy atom. The Bertz CT molecular complexity index is 743. The van der Waals surface area contributed by atoms with Crippen molar-refractivity contribution in [2.45, 2.75) is 24.7 Å². The highest BCUT2D eigenvalue weighted by atomic mass is 35.5. The maximum Gasteiger partial charge on any atom is 0.294 e. The van der Waals surface area contributed by atoms with Crippen molar-refractivity contribution >= 4 is 27.4 Å². The topological polar surface area (TPSA) is 82.5 Å². The molecule has 1 aliphatic heterocycles. The van der Waals surface area contributed by atoms with E-state index in [1.807, 2.05) is 13.0 Å². The van der Waals surface area contributed by atoms with E-state index in [0.717, 1.165) is 24.3 Å². The van der Waals surface area contributed by atoms with Gasteiger partial charge >= 0.3 is 0 Å². The molecule has 0 aliphatic carbocycles. The zero-order valence-electron chi connectivity index (χ0n) is 13.3. The highest BCUT2D eigenvalue weighted by molar-refractivity contribution is 7.85. The molecule has 0 radical (unpaired) electrons. The van der Waals surface area contributed by atoms with E-state index in [9.17, 15) is 8.42 Å². The van der Waals surface area contributed by atoms with E-state index in [4.69, 9.17) is 16.2 Å². The van der Waals surface area contributed by atoms with Crippen molar-refractivity contribution in [1.82, 2.24) is 9.99 Å². The van der Waals surface area contributed by atoms with Crippen LogP contribution < -0.4 is 5.43 Å². The van der Waals surface area contributed by atoms with Crippen LogP contribution in [0.2, 0.25) is 5.15 Å². The predicted molar refractivity (Wildman–Crippen MR) is 94.7 cm³/mol. The minimum absolute atomic E-state index is 0.0666. The number of pyridine rings is 1. The second kappa shape index (κ2) is 8.43. The van der Waals surface area contributed by atoms with E-state index in [2.05, 4.69) is 15.4 Å². The van der Waals surface area contributed by atoms with Gasteiger partial charge in [-0.1, -0.05) is 29.3 Å². The molecule has 0 bridgehead atoms. The molecule has 0 spiro atoms. The summed E-state index contributed by atoms with van der Waals surface area (Å²) in [5.74, 6) is 0. The predicted octanol–water partition coefficient (Wildman–Crippen LogP) is 3.40. The normalized spacial score (nSPS) is 14.8. The van der Waals surface area contributed by atoms with Crippen LogP contribution in [0.5, 0.6) is 0 Å². The van der Waals surface area contributed by atoms with Crippen molar-refractivity contribution in [3.8, 4) is 0 Å². The SMILES string of the molecule is Cc1ccc(S(=O)(=O)O)cc1.Clc1ccc(NN2CCCC2)cn1. The lowest BCUT2D eigenvalue weighted by Crippen LogP contribution is -2.26. The molecule has 2 aromatic rings. The van der Waals surface area contributed by atoms with Crippen LogP contribution in [-0.2, 0) is 10.1 Å². The molecule has 1 aromatic heterocycles. The molecule has 8 heteroatoms. The lowest BCUT2D eigenvalue weighted by atomic mass is 10.2. The number of hydrazine groups is 1. The molecule has 2 heterocycles. The average Bonchev–Trinajstić information content (AvgIpc) is 3.03. The smallest absolute Gasteiger partial charge is 0.294 e. The summed E-state index contributed by atoms with van der Waals surface area (Å²) in [5.41, 5.74) is 5.24. The van der Waals surface area contributed by atoms with E-state index in [1.165, 1.54) is 25.0 Å². The first-order valence-electron chi connectivity index (χ1n) is 7.52. The summed E-state index contributed by atoms with van der Waals surface area (Å²) < 4.78 is 29.6. The maximum absolute atomic E-state index is 10.5. The minimum atomic E-state index is -4.02. The standard InChI is InChI=1S/C9H12ClN3.C7H8O3S/c10-9-4-3-8(7-11-9)12-13-5-1-2-6-13;1-6-2-4-7(5-3-6)11(8,9)10/h3-4,7,12H,1-2,5-6H2;2-5H,1H3,(H,8,9,10). The van der Waals surface area contributed by atoms with E-state index < -0.39 is 10.1 Å². The van der Waals surface area contributed by atoms with Gasteiger partial charge in [-0.2, -0.15) is 8.42 Å². The Balaban J connectivity index is 0.000000177. The zero-order valence-corrected chi connectivity index (χ0v) is 14.9. The third-order valence-corrected chi connectivity index (χ3v) is 4.53. The Morgan fingerprint density at radius 2 is 1.75 bits per heavy atom. The fourth-order valence-electron chi connectivity index (χ4n) is 2.16. The van der Waals surface area contributed by atoms with Crippen molar-refractivity contribution in [2.24, 2.45) is 0 Å². The van der Waals surface area contributed by atoms with Crippen molar-refractivity contribution in [3.63, 3.8) is 0 Å². The van der Waals surface area contributed by atoms with Gasteiger partial charge in [0.15, 0.2) is 0 Å². The number of hydrogen-bond acceptors (Lipinski definition) is 5. The van der Waals surface area contributed by atoms with Gasteiger partial charge in [-0.3, -0.25) is 4.55 Å². The highest BCUT2D eigenvalue weighted by Gasteiger charge is 2.10. The van der Waals surface area contributed by atoms with Gasteiger partial charge in [0, 0.05) is 13.1 Å². The summed E-state index contributed by atoms with van der Waals surface area (Å²) in [6.45, 7) is 4.07. The summed E-state index contributed by atoms with van der Waals surface area (Å²) >= 11 is 5.68. The molecule has 1 fully saturated rings. The fraction of sp³-hybridized carbons (Fsp3) is 0.312. The molecule has 0 amide bonds. The Morgan fingerprint density at radius 1 is 1.12 bits per heavy atom. The number of nitrogens with one attached hydrogen (secondary N) is 1. The molecule has 3 rings (SSSR count). The number of hydrogen-bond donors (Lipinski definition) is 2. The van der Waals surface area contributed by atoms with Gasteiger partial charge in [0.1, 0.15) is 5.15 Å². The van der Waals surface area contributed by atoms with Crippen LogP contribution in [0.1, 0.15) is 18.4 Å². The van der Waals surface area contributed by atoms with Crippen molar-refractivity contribution in [2.75, 3.05) is 18.5 Å². The van der Waals surface area contributed by atoms with Crippen LogP contribution in [0.15, 0.2) is 47.5 Å². The van der Waals surface area contributed by atoms with Gasteiger partial charge in [0.25, 0.3) is 10.1 Å². The van der Waals surface area contributed by atoms with Gasteiger partial charge < -0.3 is 5.43 Å². The molecule has 0 unspecified atom stereocenters. The molecule has 0 atom stereocenters. The highest BCUT2D eigenvalue weighted by Crippen LogP contribution is 2.13. The molecule has 0 saturated carbocycles. The second-order valence-corrected chi connectivity index (χ2v) is 7.27. The van der Waals surface area contributed by atoms with E-state index in [-0.39, 0.29) is 4.90 Å². The number of aryl methyl sites for hydroxylation is 1. The van der Waals surface area contributed by atoms with E-state index in [0.29, 0.717) is 5.15 Å². The molecular formula is C16H20ClN3O3S. The Kier molecular flexibility index (Phi) is 6.56. The molecule has 1 aromatic carbocycles. The monoisotopic (exact) mass is 369 g/mol. The van der Waals surface area contributed by atoms with Gasteiger partial charge in [-0.15, -0.1) is 0 Å². The van der Waals surface area contributed by atoms with Gasteiger partial charge in [-0.05, 0) is 44.0 Å². The summed E-state index contributed by atoms with van der Waals surface area (Å²) in [4.78, 5) is 3.93. The number of aromatic nitrogens is 1. The lowest BCUT2D eigenvalue weighted by Gasteiger charge is -2.16. The number of rotatable bonds is 3. The van der Waals surface area contributed by atoms with Gasteiger partial charge in [0.05, 0.1) is 16.8 Å². The van der Waals surface area contributed by atoms with Crippen LogP contribution >= 0.6 is 11.6 Å². The van der Waals surface area contributed by atoms with Crippen LogP contribution in [0, 0.1) is 6.92 Å². The molecule has 6 nitrogen and oxygen atoms in total. The Labute approximate surface area is 147 Å². The van der Waals surface area contributed by atoms with Gasteiger partial charge in [0.2, 0.25) is 0 Å². The number of benzene rings is 1. The molecule has 24 heavy (non-hydrogen) atoms. The maximum atomic E-state index is 10.5. The summed E-state index contributed by atoms with van der Waals surface area (Å²) in [5, 5.41) is 2.73. The molecule has 1 aliphatic rings. The quantitative estimate of drug-likeness (QED) is 0.637. The van der Waals surface area contributed by atoms with Crippen molar-refractivity contribution in [1.29, 1.82) is 0 Å². The van der Waals surface area contributed by atoms with Crippen molar-refractivity contribution < 1.29 is 13.0 Å². The number of anilines is 1. The zero-order chi connectivity index (χ0) is 17.6. The van der Waals surface area contributed by atoms with Crippen LogP contribution in [0.3, 0.4) is 0 Å². The largest absolute Gasteiger partial charge is 0.317 e. The second-order valence-electron chi connectivity index (χ2n) is 5.46. The average molecular weight is 370 g/mol. The Hall–Kier alpha value is -1.67. The molecule has 2 N–H and O–H groups in total. The summed E-state index contributed by atoms with van der Waals surface area (Å²) in [6, 6.07) is 9.72. The van der Waals surface area contributed by atoms with Crippen LogP contribution in [-0.4, -0.2) is 36.1 Å². The summed E-state index contributed by atoms with van der Waals surface area (Å²) in [7, 11) is -4.02. The van der Waals surface area contributed by atoms with E-state index in [1.54, 1.807) is 24.4 Å². The van der Waals surface area contributed by atoms with Crippen LogP contribution in [0.4, 0.5) is 5.69 Å². The lowest BCUT2D eigenvalue weighted by molar-refractivity contribution is 0.410. The third-order valence-electron chi connectivity index (χ3n) is 3.44. The van der Waals surface area contributed by atoms with Crippen LogP contribution in [0.25, 0.3) is 0 Å². The van der Waals surface area contributed by atoms with E-state index >= 15 is 0 Å². The fourth-order valence-corrected chi connectivity index (χ4v) is 2.76. The molecular weight excluding hydrogens is 350 g/mol.